The van der Waals surface area contributed by atoms with Crippen LogP contribution in [0.3, 0.4) is 0 Å². The van der Waals surface area contributed by atoms with E-state index in [0.29, 0.717) is 27.7 Å². The van der Waals surface area contributed by atoms with Crippen LogP contribution in [0.4, 0.5) is 0 Å². The number of benzene rings is 2. The van der Waals surface area contributed by atoms with Gasteiger partial charge in [0, 0.05) is 16.8 Å². The zero-order valence-corrected chi connectivity index (χ0v) is 16.3. The monoisotopic (exact) mass is 409 g/mol. The lowest BCUT2D eigenvalue weighted by molar-refractivity contribution is 0.0974. The Labute approximate surface area is 168 Å². The van der Waals surface area contributed by atoms with Crippen LogP contribution in [-0.4, -0.2) is 15.8 Å². The lowest BCUT2D eigenvalue weighted by Gasteiger charge is -2.02. The fourth-order valence-corrected chi connectivity index (χ4v) is 4.67. The summed E-state index contributed by atoms with van der Waals surface area (Å²) in [5.41, 5.74) is 2.14. The average molecular weight is 410 g/mol. The molecule has 0 aliphatic carbocycles. The number of nitrogens with zero attached hydrogens (tertiary/aromatic N) is 3. The second-order valence-electron chi connectivity index (χ2n) is 5.88. The van der Waals surface area contributed by atoms with Crippen molar-refractivity contribution < 1.29 is 4.79 Å². The highest BCUT2D eigenvalue weighted by Gasteiger charge is 2.27. The summed E-state index contributed by atoms with van der Waals surface area (Å²) >= 11 is 8.75. The van der Waals surface area contributed by atoms with Crippen LogP contribution in [0, 0.1) is 11.3 Å². The van der Waals surface area contributed by atoms with E-state index in [1.165, 1.54) is 22.7 Å². The van der Waals surface area contributed by atoms with Crippen LogP contribution in [0.2, 0.25) is 5.02 Å². The summed E-state index contributed by atoms with van der Waals surface area (Å²) in [6.45, 7) is 0. The number of nitriles is 1. The van der Waals surface area contributed by atoms with E-state index in [9.17, 15) is 10.1 Å². The molecular weight excluding hydrogens is 398 g/mol. The largest absolute Gasteiger partial charge is 0.290 e. The molecule has 0 aliphatic heterocycles. The van der Waals surface area contributed by atoms with Crippen molar-refractivity contribution in [1.29, 1.82) is 5.26 Å². The Morgan fingerprint density at radius 2 is 2.00 bits per heavy atom. The highest BCUT2D eigenvalue weighted by Crippen LogP contribution is 2.31. The summed E-state index contributed by atoms with van der Waals surface area (Å²) in [5.74, 6) is -1.29. The fourth-order valence-electron chi connectivity index (χ4n) is 2.69. The van der Waals surface area contributed by atoms with Gasteiger partial charge in [-0.05, 0) is 23.8 Å². The van der Waals surface area contributed by atoms with Crippen LogP contribution in [0.25, 0.3) is 10.2 Å². The number of halogens is 1. The Morgan fingerprint density at radius 1 is 1.19 bits per heavy atom. The van der Waals surface area contributed by atoms with Crippen molar-refractivity contribution in [2.45, 2.75) is 12.3 Å². The smallest absolute Gasteiger partial charge is 0.206 e. The topological polar surface area (TPSA) is 66.6 Å². The predicted molar refractivity (Wildman–Crippen MR) is 109 cm³/mol. The van der Waals surface area contributed by atoms with Gasteiger partial charge in [-0.3, -0.25) is 4.79 Å². The minimum Gasteiger partial charge on any atom is -0.290 e. The number of fused-ring (bicyclic) bond motifs is 1. The van der Waals surface area contributed by atoms with Crippen LogP contribution in [0.1, 0.15) is 32.0 Å². The van der Waals surface area contributed by atoms with E-state index >= 15 is 0 Å². The Morgan fingerprint density at radius 3 is 2.78 bits per heavy atom. The van der Waals surface area contributed by atoms with Crippen molar-refractivity contribution in [1.82, 2.24) is 9.97 Å². The van der Waals surface area contributed by atoms with E-state index < -0.39 is 5.92 Å². The lowest BCUT2D eigenvalue weighted by atomic mass is 10.1. The molecule has 0 fully saturated rings. The molecule has 0 radical (unpaired) electrons. The lowest BCUT2D eigenvalue weighted by Crippen LogP contribution is -2.11. The molecule has 1 atom stereocenters. The van der Waals surface area contributed by atoms with E-state index in [2.05, 4.69) is 16.0 Å². The van der Waals surface area contributed by atoms with Gasteiger partial charge in [-0.25, -0.2) is 9.97 Å². The second kappa shape index (κ2) is 7.57. The van der Waals surface area contributed by atoms with Crippen LogP contribution in [-0.2, 0) is 6.42 Å². The molecule has 7 heteroatoms. The van der Waals surface area contributed by atoms with Gasteiger partial charge in [0.15, 0.2) is 5.92 Å². The third kappa shape index (κ3) is 3.76. The first-order valence-corrected chi connectivity index (χ1v) is 10.2. The number of aromatic nitrogens is 2. The molecular formula is C20H12ClN3OS2. The van der Waals surface area contributed by atoms with Gasteiger partial charge in [0.25, 0.3) is 0 Å². The molecule has 0 saturated carbocycles. The number of thiazole rings is 2. The van der Waals surface area contributed by atoms with Crippen molar-refractivity contribution in [3.63, 3.8) is 0 Å². The molecule has 4 rings (SSSR count). The maximum atomic E-state index is 12.8. The molecule has 0 spiro atoms. The zero-order valence-electron chi connectivity index (χ0n) is 13.9. The summed E-state index contributed by atoms with van der Waals surface area (Å²) in [4.78, 5) is 21.7. The molecule has 4 nitrogen and oxygen atoms in total. The van der Waals surface area contributed by atoms with Crippen LogP contribution in [0.5, 0.6) is 0 Å². The minimum absolute atomic E-state index is 0.315. The summed E-state index contributed by atoms with van der Waals surface area (Å²) < 4.78 is 0.894. The van der Waals surface area contributed by atoms with Gasteiger partial charge in [0.2, 0.25) is 5.78 Å². The molecule has 27 heavy (non-hydrogen) atoms. The number of Topliss-reactive ketones (excluding diaryl/α,β-unsaturated/α-hetero) is 1. The summed E-state index contributed by atoms with van der Waals surface area (Å²) in [5, 5.41) is 13.2. The van der Waals surface area contributed by atoms with Gasteiger partial charge in [0.1, 0.15) is 10.7 Å². The van der Waals surface area contributed by atoms with Crippen LogP contribution in [0.15, 0.2) is 53.9 Å². The Kier molecular flexibility index (Phi) is 4.99. The van der Waals surface area contributed by atoms with Crippen molar-refractivity contribution in [2.75, 3.05) is 0 Å². The number of carbonyl (C=O) groups excluding carboxylic acids is 1. The van der Waals surface area contributed by atoms with Gasteiger partial charge >= 0.3 is 0 Å². The standard InChI is InChI=1S/C20H12ClN3OS2/c21-13-6-7-17-15(9-13)24-20(27-17)14(10-22)19(25)16-11-26-18(23-16)8-12-4-2-1-3-5-12/h1-7,9,11,14H,8H2. The quantitative estimate of drug-likeness (QED) is 0.409. The van der Waals surface area contributed by atoms with E-state index in [0.717, 1.165) is 15.3 Å². The molecule has 2 heterocycles. The number of rotatable bonds is 5. The third-order valence-corrected chi connectivity index (χ3v) is 6.19. The average Bonchev–Trinajstić information content (AvgIpc) is 3.29. The molecule has 1 unspecified atom stereocenters. The van der Waals surface area contributed by atoms with Gasteiger partial charge in [-0.2, -0.15) is 5.26 Å². The van der Waals surface area contributed by atoms with Crippen molar-refractivity contribution in [2.24, 2.45) is 0 Å². The first-order valence-electron chi connectivity index (χ1n) is 8.12. The Balaban J connectivity index is 1.59. The Bertz CT molecular complexity index is 1160. The van der Waals surface area contributed by atoms with E-state index in [1.807, 2.05) is 36.4 Å². The van der Waals surface area contributed by atoms with Crippen LogP contribution >= 0.6 is 34.3 Å². The normalized spacial score (nSPS) is 12.0. The number of hydrogen-bond donors (Lipinski definition) is 0. The molecule has 2 aromatic carbocycles. The van der Waals surface area contributed by atoms with E-state index in [4.69, 9.17) is 11.6 Å². The Hall–Kier alpha value is -2.59. The van der Waals surface area contributed by atoms with Crippen molar-refractivity contribution in [3.8, 4) is 6.07 Å². The predicted octanol–water partition coefficient (Wildman–Crippen LogP) is 5.49. The minimum atomic E-state index is -0.965. The van der Waals surface area contributed by atoms with Crippen molar-refractivity contribution >= 4 is 50.3 Å². The highest BCUT2D eigenvalue weighted by atomic mass is 35.5. The van der Waals surface area contributed by atoms with Crippen molar-refractivity contribution in [3.05, 3.63) is 80.2 Å². The maximum Gasteiger partial charge on any atom is 0.206 e. The fraction of sp³-hybridized carbons (Fsp3) is 0.100. The summed E-state index contributed by atoms with van der Waals surface area (Å²) in [6.07, 6.45) is 0.662. The second-order valence-corrected chi connectivity index (χ2v) is 8.32. The molecule has 0 aliphatic rings. The van der Waals surface area contributed by atoms with Gasteiger partial charge in [-0.15, -0.1) is 22.7 Å². The summed E-state index contributed by atoms with van der Waals surface area (Å²) in [7, 11) is 0. The summed E-state index contributed by atoms with van der Waals surface area (Å²) in [6, 6.07) is 17.4. The zero-order chi connectivity index (χ0) is 18.8. The third-order valence-electron chi connectivity index (χ3n) is 4.01. The van der Waals surface area contributed by atoms with E-state index in [-0.39, 0.29) is 5.78 Å². The van der Waals surface area contributed by atoms with Gasteiger partial charge < -0.3 is 0 Å². The van der Waals surface area contributed by atoms with Gasteiger partial charge in [0.05, 0.1) is 21.3 Å². The highest BCUT2D eigenvalue weighted by molar-refractivity contribution is 7.18. The maximum absolute atomic E-state index is 12.8. The number of hydrogen-bond acceptors (Lipinski definition) is 6. The first kappa shape index (κ1) is 17.8. The van der Waals surface area contributed by atoms with Crippen LogP contribution < -0.4 is 0 Å². The molecule has 0 saturated heterocycles. The van der Waals surface area contributed by atoms with Gasteiger partial charge in [-0.1, -0.05) is 41.9 Å². The number of carbonyl (C=O) groups is 1. The molecule has 4 aromatic rings. The molecule has 0 bridgehead atoms. The first-order chi connectivity index (χ1) is 13.1. The molecule has 132 valence electrons. The molecule has 0 amide bonds. The number of ketones is 1. The SMILES string of the molecule is N#CC(C(=O)c1csc(Cc2ccccc2)n1)c1nc2cc(Cl)ccc2s1. The van der Waals surface area contributed by atoms with E-state index in [1.54, 1.807) is 17.5 Å². The molecule has 0 N–H and O–H groups in total. The molecule has 2 aromatic heterocycles.